The minimum Gasteiger partial charge on any atom is -0.339 e. The van der Waals surface area contributed by atoms with Crippen LogP contribution in [0, 0.1) is 15.9 Å². The van der Waals surface area contributed by atoms with Crippen LogP contribution in [-0.2, 0) is 11.2 Å². The fraction of sp³-hybridized carbons (Fsp3) is 0.308. The molecule has 1 heterocycles. The Morgan fingerprint density at radius 3 is 2.82 bits per heavy atom. The first-order valence-corrected chi connectivity index (χ1v) is 6.54. The van der Waals surface area contributed by atoms with E-state index in [2.05, 4.69) is 15.5 Å². The summed E-state index contributed by atoms with van der Waals surface area (Å²) in [5.41, 5.74) is 0.450. The highest BCUT2D eigenvalue weighted by molar-refractivity contribution is 5.91. The van der Waals surface area contributed by atoms with Gasteiger partial charge in [-0.25, -0.2) is 4.39 Å². The predicted octanol–water partition coefficient (Wildman–Crippen LogP) is 1.52. The number of nitrogens with zero attached hydrogens (tertiary/aromatic N) is 3. The molecule has 0 spiro atoms. The van der Waals surface area contributed by atoms with E-state index in [9.17, 15) is 19.3 Å². The van der Waals surface area contributed by atoms with Gasteiger partial charge in [0.25, 0.3) is 0 Å². The van der Waals surface area contributed by atoms with E-state index in [1.807, 2.05) is 0 Å². The summed E-state index contributed by atoms with van der Waals surface area (Å²) in [6, 6.07) is 4.64. The highest BCUT2D eigenvalue weighted by atomic mass is 19.1. The molecule has 1 saturated carbocycles. The molecule has 0 radical (unpaired) electrons. The average Bonchev–Trinajstić information content (AvgIpc) is 3.15. The van der Waals surface area contributed by atoms with Crippen molar-refractivity contribution >= 4 is 11.6 Å². The Labute approximate surface area is 123 Å². The van der Waals surface area contributed by atoms with E-state index in [0.717, 1.165) is 0 Å². The molecule has 0 saturated heterocycles. The summed E-state index contributed by atoms with van der Waals surface area (Å²) in [7, 11) is 0. The summed E-state index contributed by atoms with van der Waals surface area (Å²) in [5, 5.41) is 16.8. The molecule has 3 rings (SSSR count). The van der Waals surface area contributed by atoms with Crippen molar-refractivity contribution in [3.05, 3.63) is 51.9 Å². The van der Waals surface area contributed by atoms with Gasteiger partial charge in [0.2, 0.25) is 17.8 Å². The molecule has 0 bridgehead atoms. The number of carbonyl (C=O) groups is 1. The molecule has 114 valence electrons. The van der Waals surface area contributed by atoms with E-state index in [0.29, 0.717) is 12.1 Å². The van der Waals surface area contributed by atoms with E-state index in [4.69, 9.17) is 4.52 Å². The SMILES string of the molecule is O=C(Cc1noc([C@@H]2C[C@@H]2[N+](=O)[O-])n1)Nc1ccc(F)cc1. The van der Waals surface area contributed by atoms with Gasteiger partial charge >= 0.3 is 0 Å². The van der Waals surface area contributed by atoms with Gasteiger partial charge in [0.15, 0.2) is 5.82 Å². The minimum absolute atomic E-state index is 0.128. The lowest BCUT2D eigenvalue weighted by Crippen LogP contribution is -2.15. The standard InChI is InChI=1S/C13H11FN4O4/c14-7-1-3-8(4-2-7)15-12(19)6-11-16-13(22-17-11)9-5-10(9)18(20)21/h1-4,9-10H,5-6H2,(H,15,19)/t9-,10+/m1/s1. The van der Waals surface area contributed by atoms with Crippen molar-refractivity contribution < 1.29 is 18.6 Å². The van der Waals surface area contributed by atoms with Crippen molar-refractivity contribution in [3.8, 4) is 0 Å². The first kappa shape index (κ1) is 14.1. The number of benzene rings is 1. The summed E-state index contributed by atoms with van der Waals surface area (Å²) in [5.74, 6) is -0.808. The van der Waals surface area contributed by atoms with Gasteiger partial charge in [-0.15, -0.1) is 0 Å². The van der Waals surface area contributed by atoms with E-state index >= 15 is 0 Å². The van der Waals surface area contributed by atoms with Crippen molar-refractivity contribution in [3.63, 3.8) is 0 Å². The Morgan fingerprint density at radius 2 is 2.18 bits per heavy atom. The first-order chi connectivity index (χ1) is 10.5. The lowest BCUT2D eigenvalue weighted by atomic mass is 10.3. The molecule has 0 aliphatic heterocycles. The number of hydrogen-bond acceptors (Lipinski definition) is 6. The molecule has 1 aromatic carbocycles. The zero-order valence-electron chi connectivity index (χ0n) is 11.2. The van der Waals surface area contributed by atoms with Crippen molar-refractivity contribution in [2.45, 2.75) is 24.8 Å². The minimum atomic E-state index is -0.679. The molecule has 1 N–H and O–H groups in total. The number of aromatic nitrogens is 2. The summed E-state index contributed by atoms with van der Waals surface area (Å²) in [6.07, 6.45) is 0.243. The van der Waals surface area contributed by atoms with Crippen LogP contribution in [0.3, 0.4) is 0 Å². The number of carbonyl (C=O) groups excluding carboxylic acids is 1. The van der Waals surface area contributed by atoms with Crippen LogP contribution in [0.2, 0.25) is 0 Å². The van der Waals surface area contributed by atoms with Crippen LogP contribution in [0.25, 0.3) is 0 Å². The molecule has 2 aromatic rings. The third-order valence-electron chi connectivity index (χ3n) is 3.28. The van der Waals surface area contributed by atoms with Crippen molar-refractivity contribution in [2.75, 3.05) is 5.32 Å². The van der Waals surface area contributed by atoms with Crippen molar-refractivity contribution in [1.82, 2.24) is 10.1 Å². The smallest absolute Gasteiger partial charge is 0.236 e. The third-order valence-corrected chi connectivity index (χ3v) is 3.28. The normalized spacial score (nSPS) is 19.7. The Hall–Kier alpha value is -2.84. The monoisotopic (exact) mass is 306 g/mol. The quantitative estimate of drug-likeness (QED) is 0.662. The van der Waals surface area contributed by atoms with E-state index in [-0.39, 0.29) is 34.9 Å². The second-order valence-corrected chi connectivity index (χ2v) is 4.98. The van der Waals surface area contributed by atoms with Gasteiger partial charge < -0.3 is 9.84 Å². The molecule has 1 aliphatic carbocycles. The Kier molecular flexibility index (Phi) is 3.53. The molecule has 1 fully saturated rings. The molecular formula is C13H11FN4O4. The largest absolute Gasteiger partial charge is 0.339 e. The van der Waals surface area contributed by atoms with Crippen molar-refractivity contribution in [1.29, 1.82) is 0 Å². The lowest BCUT2D eigenvalue weighted by molar-refractivity contribution is -0.496. The fourth-order valence-electron chi connectivity index (χ4n) is 2.05. The Morgan fingerprint density at radius 1 is 1.45 bits per heavy atom. The van der Waals surface area contributed by atoms with E-state index in [1.54, 1.807) is 0 Å². The van der Waals surface area contributed by atoms with Crippen molar-refractivity contribution in [2.24, 2.45) is 0 Å². The molecule has 0 unspecified atom stereocenters. The number of halogens is 1. The summed E-state index contributed by atoms with van der Waals surface area (Å²) < 4.78 is 17.7. The maximum absolute atomic E-state index is 12.8. The summed E-state index contributed by atoms with van der Waals surface area (Å²) >= 11 is 0. The maximum Gasteiger partial charge on any atom is 0.236 e. The molecule has 1 aromatic heterocycles. The van der Waals surface area contributed by atoms with Gasteiger partial charge in [0.1, 0.15) is 11.7 Å². The molecule has 8 nitrogen and oxygen atoms in total. The maximum atomic E-state index is 12.8. The molecule has 1 aliphatic rings. The molecular weight excluding hydrogens is 295 g/mol. The van der Waals surface area contributed by atoms with Crippen LogP contribution in [-0.4, -0.2) is 27.0 Å². The highest BCUT2D eigenvalue weighted by Crippen LogP contribution is 2.41. The molecule has 22 heavy (non-hydrogen) atoms. The average molecular weight is 306 g/mol. The zero-order valence-corrected chi connectivity index (χ0v) is 11.2. The number of anilines is 1. The van der Waals surface area contributed by atoms with Crippen LogP contribution in [0.15, 0.2) is 28.8 Å². The van der Waals surface area contributed by atoms with Gasteiger partial charge in [-0.2, -0.15) is 4.98 Å². The van der Waals surface area contributed by atoms with Gasteiger partial charge in [0, 0.05) is 17.0 Å². The van der Waals surface area contributed by atoms with Gasteiger partial charge in [-0.3, -0.25) is 14.9 Å². The van der Waals surface area contributed by atoms with Crippen LogP contribution >= 0.6 is 0 Å². The summed E-state index contributed by atoms with van der Waals surface area (Å²) in [4.78, 5) is 26.0. The molecule has 1 amide bonds. The fourth-order valence-corrected chi connectivity index (χ4v) is 2.05. The highest BCUT2D eigenvalue weighted by Gasteiger charge is 2.53. The van der Waals surface area contributed by atoms with Crippen LogP contribution < -0.4 is 5.32 Å². The molecule has 9 heteroatoms. The van der Waals surface area contributed by atoms with Gasteiger partial charge in [0.05, 0.1) is 6.42 Å². The number of nitro groups is 1. The second kappa shape index (κ2) is 5.51. The second-order valence-electron chi connectivity index (χ2n) is 4.98. The Balaban J connectivity index is 1.57. The number of nitrogens with one attached hydrogen (secondary N) is 1. The predicted molar refractivity (Wildman–Crippen MR) is 71.2 cm³/mol. The van der Waals surface area contributed by atoms with Gasteiger partial charge in [-0.1, -0.05) is 5.16 Å². The van der Waals surface area contributed by atoms with Gasteiger partial charge in [-0.05, 0) is 24.3 Å². The van der Waals surface area contributed by atoms with E-state index in [1.165, 1.54) is 24.3 Å². The van der Waals surface area contributed by atoms with Crippen LogP contribution in [0.1, 0.15) is 24.1 Å². The van der Waals surface area contributed by atoms with Crippen LogP contribution in [0.5, 0.6) is 0 Å². The zero-order chi connectivity index (χ0) is 15.7. The topological polar surface area (TPSA) is 111 Å². The molecule has 2 atom stereocenters. The number of amides is 1. The van der Waals surface area contributed by atoms with Crippen LogP contribution in [0.4, 0.5) is 10.1 Å². The number of rotatable bonds is 5. The first-order valence-electron chi connectivity index (χ1n) is 6.54. The summed E-state index contributed by atoms with van der Waals surface area (Å²) in [6.45, 7) is 0. The number of hydrogen-bond donors (Lipinski definition) is 1. The van der Waals surface area contributed by atoms with E-state index < -0.39 is 11.9 Å². The Bertz CT molecular complexity index is 715. The third kappa shape index (κ3) is 3.08. The lowest BCUT2D eigenvalue weighted by Gasteiger charge is -2.02.